The van der Waals surface area contributed by atoms with Gasteiger partial charge >= 0.3 is 29.6 Å². The maximum absolute atomic E-state index is 10.5. The molecule has 0 radical (unpaired) electrons. The van der Waals surface area contributed by atoms with Gasteiger partial charge in [0.25, 0.3) is 10.1 Å². The molecule has 1 aromatic carbocycles. The van der Waals surface area contributed by atoms with Crippen molar-refractivity contribution in [2.45, 2.75) is 4.90 Å². The minimum atomic E-state index is -4.08. The molecule has 0 saturated heterocycles. The topological polar surface area (TPSA) is 143 Å². The van der Waals surface area contributed by atoms with E-state index in [-0.39, 0.29) is 45.4 Å². The molecule has 0 amide bonds. The molecule has 0 heterocycles. The van der Waals surface area contributed by atoms with Crippen molar-refractivity contribution in [1.82, 2.24) is 0 Å². The van der Waals surface area contributed by atoms with Gasteiger partial charge in [-0.1, -0.05) is 0 Å². The third-order valence-electron chi connectivity index (χ3n) is 1.18. The molecule has 8 heteroatoms. The summed E-state index contributed by atoms with van der Waals surface area (Å²) in [5, 5.41) is 0. The molecule has 0 aliphatic heterocycles. The molecule has 1 rings (SSSR count). The Kier molecular flexibility index (Phi) is 9.97. The van der Waals surface area contributed by atoms with E-state index >= 15 is 0 Å². The van der Waals surface area contributed by atoms with Crippen molar-refractivity contribution in [2.24, 2.45) is 0 Å². The number of nitrogen functional groups attached to an aromatic ring is 1. The predicted molar refractivity (Wildman–Crippen MR) is 55.0 cm³/mol. The van der Waals surface area contributed by atoms with Gasteiger partial charge in [0.1, 0.15) is 0 Å². The normalized spacial score (nSPS) is 8.93. The van der Waals surface area contributed by atoms with Crippen LogP contribution < -0.4 is 5.73 Å². The van der Waals surface area contributed by atoms with Crippen molar-refractivity contribution < 1.29 is 23.9 Å². The Hall–Kier alpha value is -0.150. The number of benzene rings is 1. The van der Waals surface area contributed by atoms with Gasteiger partial charge in [0.15, 0.2) is 0 Å². The molecule has 0 atom stereocenters. The number of hydrogen-bond donors (Lipinski definition) is 2. The van der Waals surface area contributed by atoms with Gasteiger partial charge in [0.2, 0.25) is 0 Å². The molecular weight excluding hydrogens is 221 g/mol. The van der Waals surface area contributed by atoms with Crippen LogP contribution in [-0.4, -0.2) is 53.5 Å². The van der Waals surface area contributed by atoms with E-state index in [9.17, 15) is 8.42 Å². The molecule has 78 valence electrons. The fourth-order valence-corrected chi connectivity index (χ4v) is 1.12. The molecule has 7 N–H and O–H groups in total. The zero-order valence-corrected chi connectivity index (χ0v) is 7.38. The average Bonchev–Trinajstić information content (AvgIpc) is 1.86. The van der Waals surface area contributed by atoms with Crippen molar-refractivity contribution in [2.75, 3.05) is 5.73 Å². The summed E-state index contributed by atoms with van der Waals surface area (Å²) in [4.78, 5) is -0.147. The van der Waals surface area contributed by atoms with Crippen molar-refractivity contribution in [3.63, 3.8) is 0 Å². The van der Waals surface area contributed by atoms with Gasteiger partial charge in [-0.15, -0.1) is 0 Å². The van der Waals surface area contributed by atoms with Crippen LogP contribution in [0.15, 0.2) is 29.2 Å². The van der Waals surface area contributed by atoms with Gasteiger partial charge in [0, 0.05) is 5.69 Å². The van der Waals surface area contributed by atoms with Crippen LogP contribution in [0.25, 0.3) is 0 Å². The summed E-state index contributed by atoms with van der Waals surface area (Å²) in [7, 11) is -4.08. The van der Waals surface area contributed by atoms with Crippen LogP contribution in [-0.2, 0) is 10.1 Å². The Balaban J connectivity index is -0.000000403. The standard InChI is InChI=1S/C6H7NO3S.Na.2H2O.H/c7-5-1-3-6(4-2-5)11(8,9)10;;;;/h1-4H,7H2,(H,8,9,10);;2*1H2;. The molecule has 6 nitrogen and oxygen atoms in total. The van der Waals surface area contributed by atoms with E-state index in [0.717, 1.165) is 0 Å². The summed E-state index contributed by atoms with van der Waals surface area (Å²) in [5.41, 5.74) is 5.75. The van der Waals surface area contributed by atoms with E-state index in [1.807, 2.05) is 0 Å². The molecule has 0 aliphatic carbocycles. The van der Waals surface area contributed by atoms with Crippen molar-refractivity contribution >= 4 is 45.4 Å². The van der Waals surface area contributed by atoms with Crippen molar-refractivity contribution in [1.29, 1.82) is 0 Å². The Morgan fingerprint density at radius 2 is 1.43 bits per heavy atom. The van der Waals surface area contributed by atoms with Crippen LogP contribution in [0.1, 0.15) is 0 Å². The predicted octanol–water partition coefficient (Wildman–Crippen LogP) is -1.78. The van der Waals surface area contributed by atoms with Gasteiger partial charge in [0.05, 0.1) is 4.90 Å². The van der Waals surface area contributed by atoms with E-state index in [1.54, 1.807) is 0 Å². The van der Waals surface area contributed by atoms with Crippen molar-refractivity contribution in [3.05, 3.63) is 24.3 Å². The van der Waals surface area contributed by atoms with E-state index in [2.05, 4.69) is 0 Å². The number of hydrogen-bond acceptors (Lipinski definition) is 3. The number of nitrogens with two attached hydrogens (primary N) is 1. The first-order valence-electron chi connectivity index (χ1n) is 2.83. The molecule has 0 spiro atoms. The van der Waals surface area contributed by atoms with Crippen molar-refractivity contribution in [3.8, 4) is 0 Å². The summed E-state index contributed by atoms with van der Waals surface area (Å²) >= 11 is 0. The molecule has 14 heavy (non-hydrogen) atoms. The maximum atomic E-state index is 10.5. The van der Waals surface area contributed by atoms with Gasteiger partial charge in [-0.3, -0.25) is 4.55 Å². The number of rotatable bonds is 1. The van der Waals surface area contributed by atoms with Crippen LogP contribution >= 0.6 is 0 Å². The van der Waals surface area contributed by atoms with Crippen LogP contribution in [0.4, 0.5) is 5.69 Å². The minimum absolute atomic E-state index is 0. The summed E-state index contributed by atoms with van der Waals surface area (Å²) in [6.07, 6.45) is 0. The van der Waals surface area contributed by atoms with Gasteiger partial charge in [-0.25, -0.2) is 0 Å². The Bertz CT molecular complexity index is 349. The third kappa shape index (κ3) is 5.55. The number of anilines is 1. The zero-order valence-electron chi connectivity index (χ0n) is 6.56. The molecule has 0 bridgehead atoms. The van der Waals surface area contributed by atoms with E-state index in [1.165, 1.54) is 24.3 Å². The zero-order chi connectivity index (χ0) is 8.48. The summed E-state index contributed by atoms with van der Waals surface area (Å²) in [6.45, 7) is 0. The monoisotopic (exact) mass is 233 g/mol. The average molecular weight is 233 g/mol. The quantitative estimate of drug-likeness (QED) is 0.335. The Labute approximate surface area is 104 Å². The second kappa shape index (κ2) is 7.18. The van der Waals surface area contributed by atoms with E-state index in [4.69, 9.17) is 10.3 Å². The Morgan fingerprint density at radius 1 is 1.07 bits per heavy atom. The first-order chi connectivity index (χ1) is 5.00. The SMILES string of the molecule is Nc1ccc(S(=O)(=O)O)cc1.O.O.[NaH]. The summed E-state index contributed by atoms with van der Waals surface area (Å²) in [6, 6.07) is 5.29. The van der Waals surface area contributed by atoms with Gasteiger partial charge in [-0.2, -0.15) is 8.42 Å². The fourth-order valence-electron chi connectivity index (χ4n) is 0.640. The third-order valence-corrected chi connectivity index (χ3v) is 2.05. The van der Waals surface area contributed by atoms with Crippen LogP contribution in [0.2, 0.25) is 0 Å². The van der Waals surface area contributed by atoms with Crippen LogP contribution in [0, 0.1) is 0 Å². The van der Waals surface area contributed by atoms with Crippen LogP contribution in [0.3, 0.4) is 0 Å². The van der Waals surface area contributed by atoms with Gasteiger partial charge < -0.3 is 16.7 Å². The first-order valence-corrected chi connectivity index (χ1v) is 4.27. The molecule has 0 unspecified atom stereocenters. The molecule has 0 fully saturated rings. The van der Waals surface area contributed by atoms with E-state index < -0.39 is 10.1 Å². The molecule has 0 saturated carbocycles. The van der Waals surface area contributed by atoms with Gasteiger partial charge in [-0.05, 0) is 24.3 Å². The first kappa shape index (κ1) is 19.4. The second-order valence-corrected chi connectivity index (χ2v) is 3.47. The Morgan fingerprint density at radius 3 is 1.71 bits per heavy atom. The van der Waals surface area contributed by atoms with E-state index in [0.29, 0.717) is 5.69 Å². The molecular formula is C6H12NNaO5S. The fraction of sp³-hybridized carbons (Fsp3) is 0. The summed E-state index contributed by atoms with van der Waals surface area (Å²) in [5.74, 6) is 0. The second-order valence-electron chi connectivity index (χ2n) is 2.04. The molecule has 0 aliphatic rings. The van der Waals surface area contributed by atoms with Crippen LogP contribution in [0.5, 0.6) is 0 Å². The molecule has 1 aromatic rings. The molecule has 0 aromatic heterocycles. The summed E-state index contributed by atoms with van der Waals surface area (Å²) < 4.78 is 29.4.